The average molecular weight is 470 g/mol. The van der Waals surface area contributed by atoms with Crippen LogP contribution in [0.5, 0.6) is 0 Å². The van der Waals surface area contributed by atoms with Crippen LogP contribution >= 0.6 is 11.8 Å². The zero-order valence-corrected chi connectivity index (χ0v) is 19.5. The molecule has 7 rings (SSSR count). The van der Waals surface area contributed by atoms with Gasteiger partial charge >= 0.3 is 5.63 Å². The van der Waals surface area contributed by atoms with Gasteiger partial charge in [-0.05, 0) is 65.0 Å². The van der Waals surface area contributed by atoms with E-state index < -0.39 is 0 Å². The Morgan fingerprint density at radius 3 is 2.20 bits per heavy atom. The van der Waals surface area contributed by atoms with Crippen LogP contribution in [0, 0.1) is 0 Å². The molecule has 6 aromatic rings. The van der Waals surface area contributed by atoms with Crippen molar-refractivity contribution in [2.75, 3.05) is 4.90 Å². The Hall–Kier alpha value is -4.28. The van der Waals surface area contributed by atoms with Crippen molar-refractivity contribution < 1.29 is 4.42 Å². The molecule has 0 saturated heterocycles. The molecule has 0 N–H and O–H groups in total. The summed E-state index contributed by atoms with van der Waals surface area (Å²) in [5.74, 6) is 0. The molecule has 0 aliphatic carbocycles. The third-order valence-corrected chi connectivity index (χ3v) is 7.61. The van der Waals surface area contributed by atoms with Gasteiger partial charge in [-0.25, -0.2) is 4.79 Å². The minimum atomic E-state index is -0.308. The Bertz CT molecular complexity index is 1810. The molecule has 1 aliphatic heterocycles. The minimum absolute atomic E-state index is 0.308. The van der Waals surface area contributed by atoms with E-state index in [1.807, 2.05) is 42.5 Å². The molecule has 2 heterocycles. The summed E-state index contributed by atoms with van der Waals surface area (Å²) in [5.41, 5.74) is 5.82. The van der Waals surface area contributed by atoms with E-state index in [-0.39, 0.29) is 5.63 Å². The number of nitrogens with zero attached hydrogens (tertiary/aromatic N) is 1. The van der Waals surface area contributed by atoms with E-state index in [1.54, 1.807) is 11.8 Å². The van der Waals surface area contributed by atoms with Gasteiger partial charge in [0.1, 0.15) is 5.58 Å². The van der Waals surface area contributed by atoms with Gasteiger partial charge in [0.25, 0.3) is 0 Å². The quantitative estimate of drug-likeness (QED) is 0.188. The molecule has 0 bridgehead atoms. The van der Waals surface area contributed by atoms with Gasteiger partial charge in [0.2, 0.25) is 0 Å². The number of benzene rings is 5. The van der Waals surface area contributed by atoms with Crippen LogP contribution in [0.3, 0.4) is 0 Å². The van der Waals surface area contributed by atoms with E-state index in [0.29, 0.717) is 11.0 Å². The van der Waals surface area contributed by atoms with Gasteiger partial charge < -0.3 is 9.32 Å². The second-order valence-electron chi connectivity index (χ2n) is 8.57. The van der Waals surface area contributed by atoms with Crippen LogP contribution in [0.1, 0.15) is 0 Å². The third kappa shape index (κ3) is 3.26. The maximum Gasteiger partial charge on any atom is 0.344 e. The summed E-state index contributed by atoms with van der Waals surface area (Å²) in [6.45, 7) is 0. The number of hydrogen-bond acceptors (Lipinski definition) is 4. The first-order valence-electron chi connectivity index (χ1n) is 11.5. The predicted molar refractivity (Wildman–Crippen MR) is 144 cm³/mol. The number of rotatable bonds is 2. The van der Waals surface area contributed by atoms with Crippen molar-refractivity contribution in [1.82, 2.24) is 0 Å². The number of hydrogen-bond donors (Lipinski definition) is 0. The summed E-state index contributed by atoms with van der Waals surface area (Å²) in [7, 11) is 0. The molecular formula is C31H19NO2S. The summed E-state index contributed by atoms with van der Waals surface area (Å²) >= 11 is 1.78. The largest absolute Gasteiger partial charge is 0.422 e. The van der Waals surface area contributed by atoms with Gasteiger partial charge in [-0.1, -0.05) is 78.5 Å². The van der Waals surface area contributed by atoms with Crippen LogP contribution in [0.25, 0.3) is 32.9 Å². The first-order valence-corrected chi connectivity index (χ1v) is 12.3. The average Bonchev–Trinajstić information content (AvgIpc) is 2.92. The van der Waals surface area contributed by atoms with Gasteiger partial charge in [0.05, 0.1) is 16.8 Å². The number of fused-ring (bicyclic) bond motifs is 5. The highest BCUT2D eigenvalue weighted by Gasteiger charge is 2.25. The van der Waals surface area contributed by atoms with E-state index in [1.165, 1.54) is 15.5 Å². The van der Waals surface area contributed by atoms with Crippen molar-refractivity contribution in [2.45, 2.75) is 9.79 Å². The predicted octanol–water partition coefficient (Wildman–Crippen LogP) is 8.55. The lowest BCUT2D eigenvalue weighted by molar-refractivity contribution is 0.569. The highest BCUT2D eigenvalue weighted by molar-refractivity contribution is 7.99. The zero-order chi connectivity index (χ0) is 23.4. The van der Waals surface area contributed by atoms with Crippen LogP contribution in [0.2, 0.25) is 0 Å². The van der Waals surface area contributed by atoms with Crippen molar-refractivity contribution >= 4 is 50.6 Å². The summed E-state index contributed by atoms with van der Waals surface area (Å²) in [4.78, 5) is 17.5. The highest BCUT2D eigenvalue weighted by atomic mass is 32.2. The smallest absolute Gasteiger partial charge is 0.344 e. The van der Waals surface area contributed by atoms with E-state index >= 15 is 0 Å². The summed E-state index contributed by atoms with van der Waals surface area (Å²) in [6, 6.07) is 39.2. The fourth-order valence-electron chi connectivity index (χ4n) is 4.85. The molecule has 0 amide bonds. The van der Waals surface area contributed by atoms with Gasteiger partial charge in [0, 0.05) is 20.9 Å². The van der Waals surface area contributed by atoms with Gasteiger partial charge in [0.15, 0.2) is 0 Å². The van der Waals surface area contributed by atoms with Crippen LogP contribution in [0.4, 0.5) is 17.1 Å². The fourth-order valence-corrected chi connectivity index (χ4v) is 5.95. The molecule has 0 unspecified atom stereocenters. The Labute approximate surface area is 206 Å². The first kappa shape index (κ1) is 20.1. The molecule has 3 nitrogen and oxygen atoms in total. The molecule has 1 aliphatic rings. The van der Waals surface area contributed by atoms with Gasteiger partial charge in [-0.15, -0.1) is 0 Å². The second kappa shape index (κ2) is 7.90. The monoisotopic (exact) mass is 469 g/mol. The maximum atomic E-state index is 12.8. The Morgan fingerprint density at radius 2 is 1.29 bits per heavy atom. The Kier molecular flexibility index (Phi) is 4.54. The number of anilines is 3. The van der Waals surface area contributed by atoms with Crippen molar-refractivity contribution in [1.29, 1.82) is 0 Å². The Balaban J connectivity index is 1.38. The topological polar surface area (TPSA) is 33.5 Å². The van der Waals surface area contributed by atoms with E-state index in [9.17, 15) is 4.79 Å². The molecule has 5 aromatic carbocycles. The molecule has 0 fully saturated rings. The SMILES string of the molecule is O=c1oc2ccccc2c2ccc(-c3ccc4c(c3)Sc3ccccc3N4c3ccccc3)cc12. The number of para-hydroxylation sites is 3. The van der Waals surface area contributed by atoms with Gasteiger partial charge in [-0.2, -0.15) is 0 Å². The molecule has 4 heteroatoms. The molecular weight excluding hydrogens is 450 g/mol. The molecule has 166 valence electrons. The van der Waals surface area contributed by atoms with Crippen LogP contribution < -0.4 is 10.5 Å². The Morgan fingerprint density at radius 1 is 0.571 bits per heavy atom. The van der Waals surface area contributed by atoms with Crippen molar-refractivity contribution in [2.24, 2.45) is 0 Å². The normalized spacial score (nSPS) is 12.5. The van der Waals surface area contributed by atoms with Gasteiger partial charge in [-0.3, -0.25) is 0 Å². The molecule has 0 radical (unpaired) electrons. The van der Waals surface area contributed by atoms with Crippen LogP contribution in [0.15, 0.2) is 134 Å². The molecule has 0 spiro atoms. The maximum absolute atomic E-state index is 12.8. The van der Waals surface area contributed by atoms with E-state index in [4.69, 9.17) is 4.42 Å². The van der Waals surface area contributed by atoms with Crippen LogP contribution in [-0.4, -0.2) is 0 Å². The molecule has 0 atom stereocenters. The highest BCUT2D eigenvalue weighted by Crippen LogP contribution is 2.52. The lowest BCUT2D eigenvalue weighted by atomic mass is 10.00. The second-order valence-corrected chi connectivity index (χ2v) is 9.65. The molecule has 35 heavy (non-hydrogen) atoms. The first-order chi connectivity index (χ1) is 17.3. The molecule has 1 aromatic heterocycles. The summed E-state index contributed by atoms with van der Waals surface area (Å²) in [6.07, 6.45) is 0. The summed E-state index contributed by atoms with van der Waals surface area (Å²) in [5, 5.41) is 2.46. The third-order valence-electron chi connectivity index (χ3n) is 6.49. The summed E-state index contributed by atoms with van der Waals surface area (Å²) < 4.78 is 5.59. The zero-order valence-electron chi connectivity index (χ0n) is 18.6. The van der Waals surface area contributed by atoms with Crippen LogP contribution in [-0.2, 0) is 0 Å². The van der Waals surface area contributed by atoms with E-state index in [2.05, 4.69) is 77.7 Å². The van der Waals surface area contributed by atoms with Crippen molar-refractivity contribution in [3.63, 3.8) is 0 Å². The standard InChI is InChI=1S/C31H19NO2S/c33-31-25-18-20(14-16-23(25)24-10-4-6-12-28(24)34-31)21-15-17-27-30(19-21)35-29-13-7-5-11-26(29)32(27)22-8-2-1-3-9-22/h1-19H. The lowest BCUT2D eigenvalue weighted by Crippen LogP contribution is -2.14. The minimum Gasteiger partial charge on any atom is -0.422 e. The van der Waals surface area contributed by atoms with Crippen molar-refractivity contribution in [3.8, 4) is 11.1 Å². The molecule has 0 saturated carbocycles. The van der Waals surface area contributed by atoms with Crippen molar-refractivity contribution in [3.05, 3.63) is 126 Å². The van der Waals surface area contributed by atoms with E-state index in [0.717, 1.165) is 33.3 Å². The fraction of sp³-hybridized carbons (Fsp3) is 0. The lowest BCUT2D eigenvalue weighted by Gasteiger charge is -2.33.